The first kappa shape index (κ1) is 15.3. The maximum atomic E-state index is 4.34. The highest BCUT2D eigenvalue weighted by atomic mass is 14.2. The van der Waals surface area contributed by atoms with Crippen LogP contribution in [0.15, 0.2) is 73.9 Å². The molecule has 23 heavy (non-hydrogen) atoms. The van der Waals surface area contributed by atoms with Gasteiger partial charge in [0.05, 0.1) is 0 Å². The van der Waals surface area contributed by atoms with Crippen molar-refractivity contribution in [1.82, 2.24) is 0 Å². The predicted octanol–water partition coefficient (Wildman–Crippen LogP) is 6.24. The Balaban J connectivity index is 1.98. The normalized spacial score (nSPS) is 13.3. The summed E-state index contributed by atoms with van der Waals surface area (Å²) in [6.45, 7) is 16.9. The molecule has 3 rings (SSSR count). The van der Waals surface area contributed by atoms with E-state index < -0.39 is 0 Å². The van der Waals surface area contributed by atoms with Gasteiger partial charge in [0.2, 0.25) is 0 Å². The molecule has 0 bridgehead atoms. The lowest BCUT2D eigenvalue weighted by atomic mass is 9.82. The van der Waals surface area contributed by atoms with E-state index in [0.29, 0.717) is 0 Å². The molecule has 0 atom stereocenters. The molecule has 2 aromatic carbocycles. The van der Waals surface area contributed by atoms with Gasteiger partial charge in [-0.1, -0.05) is 73.3 Å². The average molecular weight is 298 g/mol. The molecule has 0 heteroatoms. The minimum Gasteiger partial charge on any atom is -0.0955 e. The zero-order valence-electron chi connectivity index (χ0n) is 13.9. The number of hydrogen-bond donors (Lipinski definition) is 0. The van der Waals surface area contributed by atoms with Crippen LogP contribution >= 0.6 is 0 Å². The Morgan fingerprint density at radius 1 is 1.00 bits per heavy atom. The second kappa shape index (κ2) is 5.89. The Kier molecular flexibility index (Phi) is 3.92. The van der Waals surface area contributed by atoms with Crippen LogP contribution in [-0.2, 0) is 6.42 Å². The third-order valence-corrected chi connectivity index (χ3v) is 4.47. The van der Waals surface area contributed by atoms with Crippen molar-refractivity contribution in [3.05, 3.63) is 102 Å². The van der Waals surface area contributed by atoms with Crippen LogP contribution in [0.25, 0.3) is 16.7 Å². The summed E-state index contributed by atoms with van der Waals surface area (Å²) in [6.07, 6.45) is 3.18. The van der Waals surface area contributed by atoms with Crippen molar-refractivity contribution in [2.75, 3.05) is 0 Å². The smallest absolute Gasteiger partial charge is 0.00819 e. The molecule has 0 N–H and O–H groups in total. The fourth-order valence-electron chi connectivity index (χ4n) is 3.06. The molecule has 0 saturated carbocycles. The molecule has 114 valence electrons. The standard InChI is InChI=1S/C23H22/c1-15(2)20-7-6-8-21(14-20)17(4)22-12-11-19-10-9-16(3)13-23(19)18(22)5/h6-10,12-14H,1,4-5,11H2,2-3H3. The molecule has 0 heterocycles. The second-order valence-corrected chi connectivity index (χ2v) is 6.30. The number of hydrogen-bond acceptors (Lipinski definition) is 0. The van der Waals surface area contributed by atoms with Gasteiger partial charge in [-0.25, -0.2) is 0 Å². The summed E-state index contributed by atoms with van der Waals surface area (Å²) in [7, 11) is 0. The van der Waals surface area contributed by atoms with E-state index in [0.717, 1.165) is 39.8 Å². The molecule has 0 amide bonds. The summed E-state index contributed by atoms with van der Waals surface area (Å²) < 4.78 is 0. The Morgan fingerprint density at radius 3 is 2.48 bits per heavy atom. The fourth-order valence-corrected chi connectivity index (χ4v) is 3.06. The van der Waals surface area contributed by atoms with Crippen LogP contribution in [-0.4, -0.2) is 0 Å². The lowest BCUT2D eigenvalue weighted by Gasteiger charge is -2.22. The first-order valence-corrected chi connectivity index (χ1v) is 7.92. The van der Waals surface area contributed by atoms with Crippen molar-refractivity contribution in [1.29, 1.82) is 0 Å². The van der Waals surface area contributed by atoms with Crippen molar-refractivity contribution in [3.63, 3.8) is 0 Å². The lowest BCUT2D eigenvalue weighted by Crippen LogP contribution is -2.03. The van der Waals surface area contributed by atoms with Crippen LogP contribution in [0, 0.1) is 6.92 Å². The van der Waals surface area contributed by atoms with E-state index in [1.54, 1.807) is 0 Å². The summed E-state index contributed by atoms with van der Waals surface area (Å²) in [5.74, 6) is 0. The number of benzene rings is 2. The van der Waals surface area contributed by atoms with Gasteiger partial charge in [0.25, 0.3) is 0 Å². The summed E-state index contributed by atoms with van der Waals surface area (Å²) in [5, 5.41) is 0. The van der Waals surface area contributed by atoms with Gasteiger partial charge in [0, 0.05) is 0 Å². The van der Waals surface area contributed by atoms with E-state index in [2.05, 4.69) is 75.2 Å². The molecule has 0 nitrogen and oxygen atoms in total. The van der Waals surface area contributed by atoms with E-state index in [9.17, 15) is 0 Å². The zero-order valence-corrected chi connectivity index (χ0v) is 13.9. The van der Waals surface area contributed by atoms with E-state index in [4.69, 9.17) is 0 Å². The fraction of sp³-hybridized carbons (Fsp3) is 0.130. The molecule has 1 aliphatic rings. The highest BCUT2D eigenvalue weighted by Gasteiger charge is 2.18. The van der Waals surface area contributed by atoms with Gasteiger partial charge in [0.1, 0.15) is 0 Å². The van der Waals surface area contributed by atoms with Gasteiger partial charge in [-0.15, -0.1) is 0 Å². The molecule has 0 spiro atoms. The Labute approximate surface area is 139 Å². The van der Waals surface area contributed by atoms with Crippen LogP contribution in [0.2, 0.25) is 0 Å². The molecule has 0 unspecified atom stereocenters. The number of allylic oxidation sites excluding steroid dienone is 5. The largest absolute Gasteiger partial charge is 0.0955 e. The van der Waals surface area contributed by atoms with Crippen LogP contribution in [0.4, 0.5) is 0 Å². The second-order valence-electron chi connectivity index (χ2n) is 6.30. The third-order valence-electron chi connectivity index (χ3n) is 4.47. The van der Waals surface area contributed by atoms with Gasteiger partial charge >= 0.3 is 0 Å². The van der Waals surface area contributed by atoms with E-state index >= 15 is 0 Å². The number of fused-ring (bicyclic) bond motifs is 1. The molecule has 1 aliphatic carbocycles. The first-order chi connectivity index (χ1) is 11.0. The lowest BCUT2D eigenvalue weighted by molar-refractivity contribution is 1.20. The van der Waals surface area contributed by atoms with E-state index in [-0.39, 0.29) is 0 Å². The zero-order chi connectivity index (χ0) is 16.6. The summed E-state index contributed by atoms with van der Waals surface area (Å²) in [6, 6.07) is 15.0. The maximum Gasteiger partial charge on any atom is -0.00819 e. The van der Waals surface area contributed by atoms with E-state index in [1.165, 1.54) is 16.7 Å². The number of rotatable bonds is 3. The summed E-state index contributed by atoms with van der Waals surface area (Å²) in [4.78, 5) is 0. The number of aryl methyl sites for hydroxylation is 1. The Morgan fingerprint density at radius 2 is 1.74 bits per heavy atom. The molecule has 0 radical (unpaired) electrons. The van der Waals surface area contributed by atoms with Crippen molar-refractivity contribution in [3.8, 4) is 0 Å². The Hall–Kier alpha value is -2.60. The van der Waals surface area contributed by atoms with Gasteiger partial charge in [-0.2, -0.15) is 0 Å². The average Bonchev–Trinajstić information content (AvgIpc) is 2.55. The first-order valence-electron chi connectivity index (χ1n) is 7.92. The molecule has 0 aromatic heterocycles. The van der Waals surface area contributed by atoms with Crippen LogP contribution in [0.1, 0.15) is 34.7 Å². The molecule has 0 fully saturated rings. The topological polar surface area (TPSA) is 0 Å². The molecule has 2 aromatic rings. The summed E-state index contributed by atoms with van der Waals surface area (Å²) >= 11 is 0. The highest BCUT2D eigenvalue weighted by molar-refractivity contribution is 5.98. The van der Waals surface area contributed by atoms with Gasteiger partial charge in [-0.3, -0.25) is 0 Å². The third kappa shape index (κ3) is 2.85. The van der Waals surface area contributed by atoms with Crippen molar-refractivity contribution >= 4 is 16.7 Å². The van der Waals surface area contributed by atoms with E-state index in [1.807, 2.05) is 6.92 Å². The Bertz CT molecular complexity index is 859. The van der Waals surface area contributed by atoms with Gasteiger partial charge < -0.3 is 0 Å². The monoisotopic (exact) mass is 298 g/mol. The van der Waals surface area contributed by atoms with Gasteiger partial charge in [-0.05, 0) is 65.3 Å². The highest BCUT2D eigenvalue weighted by Crippen LogP contribution is 2.38. The van der Waals surface area contributed by atoms with Crippen LogP contribution < -0.4 is 0 Å². The van der Waals surface area contributed by atoms with Crippen molar-refractivity contribution in [2.45, 2.75) is 20.3 Å². The van der Waals surface area contributed by atoms with Crippen LogP contribution in [0.5, 0.6) is 0 Å². The molecule has 0 aliphatic heterocycles. The van der Waals surface area contributed by atoms with Crippen LogP contribution in [0.3, 0.4) is 0 Å². The maximum absolute atomic E-state index is 4.34. The van der Waals surface area contributed by atoms with Gasteiger partial charge in [0.15, 0.2) is 0 Å². The minimum absolute atomic E-state index is 0.934. The molecular weight excluding hydrogens is 276 g/mol. The molecule has 0 saturated heterocycles. The van der Waals surface area contributed by atoms with Crippen molar-refractivity contribution in [2.24, 2.45) is 0 Å². The minimum atomic E-state index is 0.934. The van der Waals surface area contributed by atoms with Crippen molar-refractivity contribution < 1.29 is 0 Å². The quantitative estimate of drug-likeness (QED) is 0.629. The summed E-state index contributed by atoms with van der Waals surface area (Å²) in [5.41, 5.74) is 10.5. The predicted molar refractivity (Wildman–Crippen MR) is 102 cm³/mol. The molecular formula is C23H22. The SMILES string of the molecule is C=C(C)c1cccc(C(=C)C2=CCc3ccc(C)cc3C2=C)c1.